The minimum Gasteiger partial charge on any atom is -0.467 e. The molecular weight excluding hydrogens is 329 g/mol. The first-order chi connectivity index (χ1) is 11.8. The number of carbonyl (C=O) groups excluding carboxylic acids is 3. The van der Waals surface area contributed by atoms with Gasteiger partial charge >= 0.3 is 12.0 Å². The first-order valence-corrected chi connectivity index (χ1v) is 7.96. The van der Waals surface area contributed by atoms with Crippen molar-refractivity contribution in [3.05, 3.63) is 35.6 Å². The lowest BCUT2D eigenvalue weighted by Crippen LogP contribution is -2.55. The van der Waals surface area contributed by atoms with Gasteiger partial charge in [0.25, 0.3) is 0 Å². The number of nitrogens with one attached hydrogen (secondary N) is 3. The van der Waals surface area contributed by atoms with Crippen molar-refractivity contribution in [1.29, 1.82) is 0 Å². The lowest BCUT2D eigenvalue weighted by molar-refractivity contribution is -0.150. The fourth-order valence-electron chi connectivity index (χ4n) is 2.30. The van der Waals surface area contributed by atoms with Crippen molar-refractivity contribution < 1.29 is 23.5 Å². The molecule has 0 radical (unpaired) electrons. The second-order valence-electron chi connectivity index (χ2n) is 5.78. The summed E-state index contributed by atoms with van der Waals surface area (Å²) in [5, 5.41) is 7.53. The van der Waals surface area contributed by atoms with Crippen LogP contribution in [0.25, 0.3) is 0 Å². The molecule has 0 saturated carbocycles. The van der Waals surface area contributed by atoms with Crippen molar-refractivity contribution in [2.75, 3.05) is 13.7 Å². The summed E-state index contributed by atoms with van der Waals surface area (Å²) in [5.74, 6) is -1.40. The van der Waals surface area contributed by atoms with E-state index in [0.29, 0.717) is 12.8 Å². The molecule has 3 amide bonds. The quantitative estimate of drug-likeness (QED) is 0.617. The number of amides is 3. The first kappa shape index (κ1) is 20.4. The number of halogens is 1. The van der Waals surface area contributed by atoms with Crippen LogP contribution < -0.4 is 16.0 Å². The zero-order chi connectivity index (χ0) is 18.9. The Hall–Kier alpha value is -2.64. The van der Waals surface area contributed by atoms with Crippen LogP contribution in [-0.4, -0.2) is 37.1 Å². The third-order valence-electron chi connectivity index (χ3n) is 3.58. The van der Waals surface area contributed by atoms with Gasteiger partial charge in [0.1, 0.15) is 11.4 Å². The minimum absolute atomic E-state index is 0.198. The topological polar surface area (TPSA) is 96.5 Å². The molecule has 138 valence electrons. The number of rotatable bonds is 8. The van der Waals surface area contributed by atoms with Crippen LogP contribution in [0, 0.1) is 5.82 Å². The summed E-state index contributed by atoms with van der Waals surface area (Å²) in [6, 6.07) is 5.15. The Kier molecular flexibility index (Phi) is 7.84. The van der Waals surface area contributed by atoms with Crippen molar-refractivity contribution in [2.45, 2.75) is 38.8 Å². The molecule has 1 atom stereocenters. The van der Waals surface area contributed by atoms with Gasteiger partial charge in [-0.1, -0.05) is 25.5 Å². The van der Waals surface area contributed by atoms with E-state index in [4.69, 9.17) is 4.74 Å². The van der Waals surface area contributed by atoms with Crippen LogP contribution in [0.3, 0.4) is 0 Å². The number of urea groups is 1. The van der Waals surface area contributed by atoms with Crippen molar-refractivity contribution in [2.24, 2.45) is 0 Å². The van der Waals surface area contributed by atoms with Gasteiger partial charge in [0.05, 0.1) is 13.7 Å². The summed E-state index contributed by atoms with van der Waals surface area (Å²) in [6.07, 6.45) is 1.10. The van der Waals surface area contributed by atoms with Gasteiger partial charge in [-0.3, -0.25) is 4.79 Å². The Labute approximate surface area is 146 Å². The van der Waals surface area contributed by atoms with Crippen molar-refractivity contribution in [1.82, 2.24) is 16.0 Å². The van der Waals surface area contributed by atoms with Crippen LogP contribution in [0.15, 0.2) is 24.3 Å². The summed E-state index contributed by atoms with van der Waals surface area (Å²) in [5.41, 5.74) is -0.408. The lowest BCUT2D eigenvalue weighted by Gasteiger charge is -2.27. The standard InChI is InChI=1S/C17H24FN3O4/c1-4-9-17(2,15(23)25-3)21-14(22)11-20-16(24)19-10-12-5-7-13(18)8-6-12/h5-8H,4,9-11H2,1-3H3,(H,21,22)(H2,19,20,24). The summed E-state index contributed by atoms with van der Waals surface area (Å²) in [7, 11) is 1.25. The number of hydrogen-bond donors (Lipinski definition) is 3. The van der Waals surface area contributed by atoms with E-state index in [2.05, 4.69) is 16.0 Å². The molecule has 3 N–H and O–H groups in total. The maximum atomic E-state index is 12.8. The van der Waals surface area contributed by atoms with E-state index in [1.807, 2.05) is 6.92 Å². The number of hydrogen-bond acceptors (Lipinski definition) is 4. The second-order valence-corrected chi connectivity index (χ2v) is 5.78. The van der Waals surface area contributed by atoms with Crippen molar-refractivity contribution >= 4 is 17.9 Å². The molecule has 1 rings (SSSR count). The molecule has 0 spiro atoms. The van der Waals surface area contributed by atoms with Gasteiger partial charge < -0.3 is 20.7 Å². The predicted octanol–water partition coefficient (Wildman–Crippen LogP) is 1.47. The smallest absolute Gasteiger partial charge is 0.331 e. The molecule has 0 aliphatic carbocycles. The third-order valence-corrected chi connectivity index (χ3v) is 3.58. The zero-order valence-corrected chi connectivity index (χ0v) is 14.6. The highest BCUT2D eigenvalue weighted by Crippen LogP contribution is 2.14. The van der Waals surface area contributed by atoms with Crippen LogP contribution in [0.1, 0.15) is 32.3 Å². The number of esters is 1. The number of methoxy groups -OCH3 is 1. The van der Waals surface area contributed by atoms with Gasteiger partial charge in [0, 0.05) is 6.54 Å². The molecule has 1 unspecified atom stereocenters. The summed E-state index contributed by atoms with van der Waals surface area (Å²) in [4.78, 5) is 35.5. The van der Waals surface area contributed by atoms with Crippen molar-refractivity contribution in [3.8, 4) is 0 Å². The van der Waals surface area contributed by atoms with Gasteiger partial charge in [-0.15, -0.1) is 0 Å². The Morgan fingerprint density at radius 1 is 1.16 bits per heavy atom. The maximum absolute atomic E-state index is 12.8. The monoisotopic (exact) mass is 353 g/mol. The Morgan fingerprint density at radius 2 is 1.80 bits per heavy atom. The molecular formula is C17H24FN3O4. The highest BCUT2D eigenvalue weighted by atomic mass is 19.1. The van der Waals surface area contributed by atoms with Crippen molar-refractivity contribution in [3.63, 3.8) is 0 Å². The molecule has 25 heavy (non-hydrogen) atoms. The van der Waals surface area contributed by atoms with Crippen LogP contribution in [0.2, 0.25) is 0 Å². The van der Waals surface area contributed by atoms with E-state index in [0.717, 1.165) is 5.56 Å². The van der Waals surface area contributed by atoms with Gasteiger partial charge in [-0.05, 0) is 31.0 Å². The molecule has 1 aromatic carbocycles. The number of benzene rings is 1. The Balaban J connectivity index is 2.42. The van der Waals surface area contributed by atoms with Crippen LogP contribution >= 0.6 is 0 Å². The summed E-state index contributed by atoms with van der Waals surface area (Å²) >= 11 is 0. The Bertz CT molecular complexity index is 606. The van der Waals surface area contributed by atoms with Crippen LogP contribution in [0.5, 0.6) is 0 Å². The maximum Gasteiger partial charge on any atom is 0.331 e. The largest absolute Gasteiger partial charge is 0.467 e. The summed E-state index contributed by atoms with van der Waals surface area (Å²) < 4.78 is 17.5. The van der Waals surface area contributed by atoms with E-state index < -0.39 is 23.4 Å². The predicted molar refractivity (Wildman–Crippen MR) is 90.1 cm³/mol. The van der Waals surface area contributed by atoms with Gasteiger partial charge in [0.15, 0.2) is 0 Å². The molecule has 0 heterocycles. The first-order valence-electron chi connectivity index (χ1n) is 7.96. The molecule has 1 aromatic rings. The van der Waals surface area contributed by atoms with Gasteiger partial charge in [-0.2, -0.15) is 0 Å². The molecule has 0 aliphatic rings. The molecule has 7 nitrogen and oxygen atoms in total. The van der Waals surface area contributed by atoms with E-state index in [-0.39, 0.29) is 18.9 Å². The molecule has 0 bridgehead atoms. The average Bonchev–Trinajstić information content (AvgIpc) is 2.58. The molecule has 0 aliphatic heterocycles. The second kappa shape index (κ2) is 9.61. The summed E-state index contributed by atoms with van der Waals surface area (Å²) in [6.45, 7) is 3.37. The fourth-order valence-corrected chi connectivity index (χ4v) is 2.30. The SMILES string of the molecule is CCCC(C)(NC(=O)CNC(=O)NCc1ccc(F)cc1)C(=O)OC. The van der Waals surface area contributed by atoms with Gasteiger partial charge in [0.2, 0.25) is 5.91 Å². The zero-order valence-electron chi connectivity index (χ0n) is 14.6. The van der Waals surface area contributed by atoms with E-state index in [1.165, 1.54) is 19.2 Å². The number of ether oxygens (including phenoxy) is 1. The van der Waals surface area contributed by atoms with Crippen LogP contribution in [0.4, 0.5) is 9.18 Å². The molecule has 0 aromatic heterocycles. The lowest BCUT2D eigenvalue weighted by atomic mass is 9.96. The molecule has 0 fully saturated rings. The van der Waals surface area contributed by atoms with E-state index in [9.17, 15) is 18.8 Å². The normalized spacial score (nSPS) is 12.6. The minimum atomic E-state index is -1.13. The van der Waals surface area contributed by atoms with E-state index >= 15 is 0 Å². The highest BCUT2D eigenvalue weighted by molar-refractivity contribution is 5.90. The molecule has 0 saturated heterocycles. The van der Waals surface area contributed by atoms with Gasteiger partial charge in [-0.25, -0.2) is 14.0 Å². The average molecular weight is 353 g/mol. The number of carbonyl (C=O) groups is 3. The van der Waals surface area contributed by atoms with Crippen LogP contribution in [-0.2, 0) is 20.9 Å². The molecule has 8 heteroatoms. The third kappa shape index (κ3) is 6.78. The Morgan fingerprint density at radius 3 is 2.36 bits per heavy atom. The van der Waals surface area contributed by atoms with E-state index in [1.54, 1.807) is 19.1 Å². The fraction of sp³-hybridized carbons (Fsp3) is 0.471. The highest BCUT2D eigenvalue weighted by Gasteiger charge is 2.34.